The van der Waals surface area contributed by atoms with Gasteiger partial charge in [-0.1, -0.05) is 11.6 Å². The van der Waals surface area contributed by atoms with Gasteiger partial charge in [-0.2, -0.15) is 5.10 Å². The van der Waals surface area contributed by atoms with E-state index in [0.29, 0.717) is 48.3 Å². The number of ether oxygens (including phenoxy) is 2. The zero-order valence-corrected chi connectivity index (χ0v) is 20.6. The van der Waals surface area contributed by atoms with Crippen molar-refractivity contribution in [2.75, 3.05) is 43.6 Å². The Bertz CT molecular complexity index is 1190. The van der Waals surface area contributed by atoms with Crippen LogP contribution in [0.25, 0.3) is 5.82 Å². The Balaban J connectivity index is 1.47. The predicted octanol–water partition coefficient (Wildman–Crippen LogP) is 3.66. The second-order valence-electron chi connectivity index (χ2n) is 8.24. The summed E-state index contributed by atoms with van der Waals surface area (Å²) in [6.45, 7) is 8.80. The third kappa shape index (κ3) is 5.15. The molecule has 0 aliphatic carbocycles. The lowest BCUT2D eigenvalue weighted by Crippen LogP contribution is -2.36. The number of aryl methyl sites for hydroxylation is 2. The SMILES string of the molecule is COc1cc(Cl)c(C)cc1NC(=O)CCc1c(C)nn(-c2cc(N3CCOCC3)ncn2)c1C. The summed E-state index contributed by atoms with van der Waals surface area (Å²) in [4.78, 5) is 23.7. The number of halogens is 1. The molecule has 0 saturated carbocycles. The number of carbonyl (C=O) groups excluding carboxylic acids is 1. The smallest absolute Gasteiger partial charge is 0.224 e. The number of aromatic nitrogens is 4. The highest BCUT2D eigenvalue weighted by Crippen LogP contribution is 2.31. The number of carbonyl (C=O) groups is 1. The first kappa shape index (κ1) is 24.0. The minimum atomic E-state index is -0.108. The van der Waals surface area contributed by atoms with Gasteiger partial charge in [-0.05, 0) is 44.4 Å². The number of morpholine rings is 1. The van der Waals surface area contributed by atoms with Crippen molar-refractivity contribution < 1.29 is 14.3 Å². The second kappa shape index (κ2) is 10.4. The van der Waals surface area contributed by atoms with Crippen molar-refractivity contribution in [1.29, 1.82) is 0 Å². The van der Waals surface area contributed by atoms with Gasteiger partial charge in [-0.25, -0.2) is 14.6 Å². The van der Waals surface area contributed by atoms with Crippen LogP contribution in [0.15, 0.2) is 24.5 Å². The van der Waals surface area contributed by atoms with Crippen LogP contribution in [0.4, 0.5) is 11.5 Å². The lowest BCUT2D eigenvalue weighted by molar-refractivity contribution is -0.116. The van der Waals surface area contributed by atoms with E-state index in [-0.39, 0.29) is 5.91 Å². The maximum absolute atomic E-state index is 12.7. The van der Waals surface area contributed by atoms with E-state index in [1.807, 2.05) is 37.6 Å². The van der Waals surface area contributed by atoms with Crippen molar-refractivity contribution in [3.8, 4) is 11.6 Å². The monoisotopic (exact) mass is 484 g/mol. The standard InChI is InChI=1S/C24H29ClN6O3/c1-15-11-20(21(33-4)12-19(15)25)28-24(32)6-5-18-16(2)29-31(17(18)3)23-13-22(26-14-27-23)30-7-9-34-10-8-30/h11-14H,5-10H2,1-4H3,(H,28,32). The Hall–Kier alpha value is -3.17. The summed E-state index contributed by atoms with van der Waals surface area (Å²) in [5.74, 6) is 1.98. The normalized spacial score (nSPS) is 13.7. The molecule has 34 heavy (non-hydrogen) atoms. The quantitative estimate of drug-likeness (QED) is 0.546. The number of benzene rings is 1. The summed E-state index contributed by atoms with van der Waals surface area (Å²) < 4.78 is 12.6. The zero-order valence-electron chi connectivity index (χ0n) is 19.9. The molecule has 3 heterocycles. The van der Waals surface area contributed by atoms with Crippen LogP contribution >= 0.6 is 11.6 Å². The summed E-state index contributed by atoms with van der Waals surface area (Å²) in [6, 6.07) is 5.46. The molecule has 1 aromatic carbocycles. The third-order valence-electron chi connectivity index (χ3n) is 5.99. The van der Waals surface area contributed by atoms with Gasteiger partial charge in [0.2, 0.25) is 5.91 Å². The van der Waals surface area contributed by atoms with E-state index in [0.717, 1.165) is 41.4 Å². The molecule has 1 saturated heterocycles. The van der Waals surface area contributed by atoms with Gasteiger partial charge >= 0.3 is 0 Å². The highest BCUT2D eigenvalue weighted by atomic mass is 35.5. The van der Waals surface area contributed by atoms with E-state index >= 15 is 0 Å². The molecule has 0 bridgehead atoms. The molecule has 9 nitrogen and oxygen atoms in total. The van der Waals surface area contributed by atoms with Crippen LogP contribution < -0.4 is 15.0 Å². The Morgan fingerprint density at radius 1 is 1.15 bits per heavy atom. The van der Waals surface area contributed by atoms with Gasteiger partial charge in [0.1, 0.15) is 17.9 Å². The number of amides is 1. The molecule has 180 valence electrons. The molecule has 1 fully saturated rings. The van der Waals surface area contributed by atoms with E-state index in [1.165, 1.54) is 0 Å². The van der Waals surface area contributed by atoms with Gasteiger partial charge in [0, 0.05) is 42.4 Å². The molecule has 1 aliphatic rings. The van der Waals surface area contributed by atoms with Crippen LogP contribution in [-0.4, -0.2) is 59.1 Å². The number of nitrogens with one attached hydrogen (secondary N) is 1. The van der Waals surface area contributed by atoms with Crippen molar-refractivity contribution in [3.05, 3.63) is 52.1 Å². The van der Waals surface area contributed by atoms with Gasteiger partial charge < -0.3 is 19.7 Å². The number of methoxy groups -OCH3 is 1. The number of hydrogen-bond donors (Lipinski definition) is 1. The molecule has 4 rings (SSSR count). The largest absolute Gasteiger partial charge is 0.495 e. The summed E-state index contributed by atoms with van der Waals surface area (Å²) in [7, 11) is 1.55. The Morgan fingerprint density at radius 3 is 2.62 bits per heavy atom. The van der Waals surface area contributed by atoms with Crippen LogP contribution in [0.2, 0.25) is 5.02 Å². The fourth-order valence-corrected chi connectivity index (χ4v) is 4.21. The minimum absolute atomic E-state index is 0.108. The second-order valence-corrected chi connectivity index (χ2v) is 8.65. The molecule has 10 heteroatoms. The highest BCUT2D eigenvalue weighted by Gasteiger charge is 2.18. The highest BCUT2D eigenvalue weighted by molar-refractivity contribution is 6.31. The van der Waals surface area contributed by atoms with Gasteiger partial charge in [0.15, 0.2) is 5.82 Å². The van der Waals surface area contributed by atoms with Gasteiger partial charge in [0.25, 0.3) is 0 Å². The first-order chi connectivity index (χ1) is 16.4. The molecule has 2 aromatic heterocycles. The number of nitrogens with zero attached hydrogens (tertiary/aromatic N) is 5. The fraction of sp³-hybridized carbons (Fsp3) is 0.417. The van der Waals surface area contributed by atoms with Crippen molar-refractivity contribution in [1.82, 2.24) is 19.7 Å². The maximum Gasteiger partial charge on any atom is 0.224 e. The summed E-state index contributed by atoms with van der Waals surface area (Å²) in [6.07, 6.45) is 2.42. The van der Waals surface area contributed by atoms with E-state index in [2.05, 4.69) is 20.2 Å². The molecular weight excluding hydrogens is 456 g/mol. The first-order valence-corrected chi connectivity index (χ1v) is 11.6. The average molecular weight is 485 g/mol. The summed E-state index contributed by atoms with van der Waals surface area (Å²) in [5, 5.41) is 8.22. The number of rotatable bonds is 7. The van der Waals surface area contributed by atoms with E-state index in [4.69, 9.17) is 26.2 Å². The van der Waals surface area contributed by atoms with Crippen molar-refractivity contribution in [2.24, 2.45) is 0 Å². The van der Waals surface area contributed by atoms with E-state index < -0.39 is 0 Å². The van der Waals surface area contributed by atoms with Crippen molar-refractivity contribution >= 4 is 29.0 Å². The minimum Gasteiger partial charge on any atom is -0.495 e. The van der Waals surface area contributed by atoms with E-state index in [1.54, 1.807) is 19.5 Å². The number of hydrogen-bond acceptors (Lipinski definition) is 7. The van der Waals surface area contributed by atoms with Crippen LogP contribution in [0.1, 0.15) is 28.9 Å². The molecule has 0 radical (unpaired) electrons. The molecule has 3 aromatic rings. The lowest BCUT2D eigenvalue weighted by atomic mass is 10.1. The molecule has 1 N–H and O–H groups in total. The van der Waals surface area contributed by atoms with E-state index in [9.17, 15) is 4.79 Å². The van der Waals surface area contributed by atoms with Crippen LogP contribution in [0, 0.1) is 20.8 Å². The Kier molecular flexibility index (Phi) is 7.33. The molecule has 0 unspecified atom stereocenters. The third-order valence-corrected chi connectivity index (χ3v) is 6.40. The maximum atomic E-state index is 12.7. The van der Waals surface area contributed by atoms with Crippen molar-refractivity contribution in [2.45, 2.75) is 33.6 Å². The average Bonchev–Trinajstić information content (AvgIpc) is 3.13. The van der Waals surface area contributed by atoms with Crippen LogP contribution in [0.5, 0.6) is 5.75 Å². The summed E-state index contributed by atoms with van der Waals surface area (Å²) >= 11 is 6.16. The number of anilines is 2. The molecular formula is C24H29ClN6O3. The van der Waals surface area contributed by atoms with Gasteiger partial charge in [-0.15, -0.1) is 0 Å². The van der Waals surface area contributed by atoms with Crippen molar-refractivity contribution in [3.63, 3.8) is 0 Å². The van der Waals surface area contributed by atoms with Gasteiger partial charge in [0.05, 0.1) is 31.7 Å². The molecule has 0 atom stereocenters. The predicted molar refractivity (Wildman–Crippen MR) is 131 cm³/mol. The van der Waals surface area contributed by atoms with Crippen LogP contribution in [0.3, 0.4) is 0 Å². The van der Waals surface area contributed by atoms with Crippen LogP contribution in [-0.2, 0) is 16.0 Å². The van der Waals surface area contributed by atoms with Gasteiger partial charge in [-0.3, -0.25) is 4.79 Å². The lowest BCUT2D eigenvalue weighted by Gasteiger charge is -2.27. The summed E-state index contributed by atoms with van der Waals surface area (Å²) in [5.41, 5.74) is 4.33. The topological polar surface area (TPSA) is 94.4 Å². The zero-order chi connectivity index (χ0) is 24.2. The Morgan fingerprint density at radius 2 is 1.88 bits per heavy atom. The fourth-order valence-electron chi connectivity index (χ4n) is 4.06. The molecule has 0 spiro atoms. The Labute approximate surface area is 204 Å². The first-order valence-electron chi connectivity index (χ1n) is 11.2. The molecule has 1 amide bonds. The molecule has 1 aliphatic heterocycles.